The Morgan fingerprint density at radius 3 is 2.13 bits per heavy atom. The fourth-order valence-corrected chi connectivity index (χ4v) is 9.57. The second kappa shape index (κ2) is 7.84. The highest BCUT2D eigenvalue weighted by Gasteiger charge is 2.86. The summed E-state index contributed by atoms with van der Waals surface area (Å²) in [6.45, 7) is 15.3. The number of rotatable bonds is 5. The molecule has 5 fully saturated rings. The fraction of sp³-hybridized carbons (Fsp3) is 0.636. The van der Waals surface area contributed by atoms with E-state index in [1.807, 2.05) is 33.8 Å². The van der Waals surface area contributed by atoms with Crippen LogP contribution in [0.2, 0.25) is 0 Å². The van der Waals surface area contributed by atoms with E-state index < -0.39 is 50.0 Å². The molecule has 0 saturated heterocycles. The number of benzene rings is 1. The third kappa shape index (κ3) is 2.92. The van der Waals surface area contributed by atoms with Gasteiger partial charge < -0.3 is 5.11 Å². The maximum atomic E-state index is 15.3. The third-order valence-corrected chi connectivity index (χ3v) is 11.5. The molecule has 0 heterocycles. The molecule has 204 valence electrons. The molecule has 1 N–H and O–H groups in total. The van der Waals surface area contributed by atoms with Crippen molar-refractivity contribution in [2.45, 2.75) is 86.7 Å². The Balaban J connectivity index is 1.89. The van der Waals surface area contributed by atoms with E-state index in [9.17, 15) is 19.5 Å². The molecule has 0 aromatic heterocycles. The monoisotopic (exact) mass is 518 g/mol. The van der Waals surface area contributed by atoms with Crippen LogP contribution in [0.3, 0.4) is 0 Å². The summed E-state index contributed by atoms with van der Waals surface area (Å²) in [7, 11) is 0. The molecule has 5 heteroatoms. The van der Waals surface area contributed by atoms with Crippen molar-refractivity contribution in [1.82, 2.24) is 0 Å². The molecule has 1 aromatic rings. The van der Waals surface area contributed by atoms with E-state index in [0.29, 0.717) is 18.4 Å². The minimum atomic E-state index is -1.94. The van der Waals surface area contributed by atoms with E-state index in [4.69, 9.17) is 0 Å². The van der Waals surface area contributed by atoms with Crippen LogP contribution in [0, 0.1) is 44.8 Å². The Morgan fingerprint density at radius 2 is 1.58 bits per heavy atom. The van der Waals surface area contributed by atoms with Crippen molar-refractivity contribution in [2.75, 3.05) is 0 Å². The molecule has 4 bridgehead atoms. The number of carbonyl (C=O) groups is 4. The Hall–Kier alpha value is -2.40. The predicted octanol–water partition coefficient (Wildman–Crippen LogP) is 5.79. The molecule has 5 nitrogen and oxygen atoms in total. The van der Waals surface area contributed by atoms with E-state index in [-0.39, 0.29) is 36.4 Å². The Labute approximate surface area is 226 Å². The van der Waals surface area contributed by atoms with Crippen LogP contribution in [0.4, 0.5) is 0 Å². The summed E-state index contributed by atoms with van der Waals surface area (Å²) < 4.78 is 0. The molecule has 5 aliphatic carbocycles. The van der Waals surface area contributed by atoms with Gasteiger partial charge >= 0.3 is 0 Å². The lowest BCUT2D eigenvalue weighted by Gasteiger charge is -2.60. The minimum Gasteiger partial charge on any atom is -0.390 e. The van der Waals surface area contributed by atoms with E-state index >= 15 is 4.79 Å². The van der Waals surface area contributed by atoms with Gasteiger partial charge in [-0.2, -0.15) is 0 Å². The van der Waals surface area contributed by atoms with Crippen LogP contribution in [-0.2, 0) is 14.4 Å². The number of allylic oxidation sites excluding steroid dienone is 2. The van der Waals surface area contributed by atoms with Gasteiger partial charge in [-0.15, -0.1) is 0 Å². The highest BCUT2D eigenvalue weighted by Crippen LogP contribution is 2.77. The van der Waals surface area contributed by atoms with E-state index in [1.165, 1.54) is 0 Å². The fourth-order valence-electron chi connectivity index (χ4n) is 9.57. The maximum absolute atomic E-state index is 15.3. The van der Waals surface area contributed by atoms with Crippen molar-refractivity contribution < 1.29 is 24.3 Å². The third-order valence-electron chi connectivity index (χ3n) is 11.5. The molecule has 38 heavy (non-hydrogen) atoms. The molecule has 0 unspecified atom stereocenters. The second-order valence-corrected chi connectivity index (χ2v) is 14.6. The van der Waals surface area contributed by atoms with Gasteiger partial charge in [-0.05, 0) is 82.0 Å². The number of ketones is 4. The lowest BCUT2D eigenvalue weighted by molar-refractivity contribution is -0.181. The van der Waals surface area contributed by atoms with Gasteiger partial charge in [0, 0.05) is 5.56 Å². The molecular weight excluding hydrogens is 476 g/mol. The average Bonchev–Trinajstić information content (AvgIpc) is 2.98. The molecule has 6 atom stereocenters. The molecule has 0 amide bonds. The van der Waals surface area contributed by atoms with Gasteiger partial charge in [0.25, 0.3) is 0 Å². The van der Waals surface area contributed by atoms with Crippen molar-refractivity contribution in [1.29, 1.82) is 0 Å². The van der Waals surface area contributed by atoms with E-state index in [2.05, 4.69) is 13.8 Å². The number of Topliss-reactive ketones (excluding diaryl/α,β-unsaturated/α-hetero) is 4. The first-order valence-electron chi connectivity index (χ1n) is 14.0. The summed E-state index contributed by atoms with van der Waals surface area (Å²) in [6, 6.07) is 8.65. The number of carbonyl (C=O) groups excluding carboxylic acids is 4. The summed E-state index contributed by atoms with van der Waals surface area (Å²) in [4.78, 5) is 59.8. The number of hydrogen-bond acceptors (Lipinski definition) is 5. The zero-order valence-corrected chi connectivity index (χ0v) is 24.1. The molecule has 5 aliphatic rings. The van der Waals surface area contributed by atoms with Gasteiger partial charge in [-0.1, -0.05) is 69.7 Å². The molecular formula is C33H42O5. The van der Waals surface area contributed by atoms with Gasteiger partial charge in [-0.3, -0.25) is 19.2 Å². The van der Waals surface area contributed by atoms with Crippen LogP contribution >= 0.6 is 0 Å². The summed E-state index contributed by atoms with van der Waals surface area (Å²) in [6.07, 6.45) is 3.25. The van der Waals surface area contributed by atoms with Crippen LogP contribution in [0.15, 0.2) is 42.0 Å². The Bertz CT molecular complexity index is 1270. The normalized spacial score (nSPS) is 38.7. The molecule has 0 radical (unpaired) electrons. The summed E-state index contributed by atoms with van der Waals surface area (Å²) in [5.74, 6) is -2.64. The lowest BCUT2D eigenvalue weighted by atomic mass is 9.37. The maximum Gasteiger partial charge on any atom is 0.184 e. The topological polar surface area (TPSA) is 88.5 Å². The van der Waals surface area contributed by atoms with Crippen LogP contribution in [0.5, 0.6) is 0 Å². The molecule has 1 spiro atoms. The van der Waals surface area contributed by atoms with Crippen LogP contribution < -0.4 is 0 Å². The smallest absolute Gasteiger partial charge is 0.184 e. The average molecular weight is 519 g/mol. The van der Waals surface area contributed by atoms with Gasteiger partial charge in [0.1, 0.15) is 0 Å². The van der Waals surface area contributed by atoms with Crippen molar-refractivity contribution in [3.8, 4) is 0 Å². The highest BCUT2D eigenvalue weighted by molar-refractivity contribution is 6.42. The standard InChI is InChI=1S/C33H42O5/c1-19(2)14-15-31-17-21-16-22-28(3,4)23(30(7,8)38)18-32(22,25(31)35)27(37)33(26(31)36,29(21,5)6)24(34)20-12-10-9-11-13-20/h9-14,21-23,38H,15-18H2,1-8H3/t21-,22-,23+,31-,32+,33-/m0/s1. The summed E-state index contributed by atoms with van der Waals surface area (Å²) in [5.41, 5.74) is -6.16. The highest BCUT2D eigenvalue weighted by atomic mass is 16.3. The quantitative estimate of drug-likeness (QED) is 0.303. The second-order valence-electron chi connectivity index (χ2n) is 14.6. The molecule has 6 rings (SSSR count). The largest absolute Gasteiger partial charge is 0.390 e. The van der Waals surface area contributed by atoms with Crippen LogP contribution in [-0.4, -0.2) is 33.8 Å². The van der Waals surface area contributed by atoms with E-state index in [1.54, 1.807) is 44.2 Å². The number of aliphatic hydroxyl groups is 1. The Morgan fingerprint density at radius 1 is 0.974 bits per heavy atom. The number of hydrogen-bond donors (Lipinski definition) is 1. The molecule has 1 aromatic carbocycles. The van der Waals surface area contributed by atoms with E-state index in [0.717, 1.165) is 5.57 Å². The first-order chi connectivity index (χ1) is 17.4. The minimum absolute atomic E-state index is 0.169. The van der Waals surface area contributed by atoms with Crippen molar-refractivity contribution in [3.63, 3.8) is 0 Å². The van der Waals surface area contributed by atoms with Gasteiger partial charge in [0.05, 0.1) is 16.4 Å². The molecule has 0 aliphatic heterocycles. The first-order valence-corrected chi connectivity index (χ1v) is 14.0. The zero-order chi connectivity index (χ0) is 28.3. The SMILES string of the molecule is CC(C)=CC[C@]12C[C@@H]3C[C@H]4C(C)(C)[C@H](C(C)(C)O)C[C@@]4(C1=O)C(=O)[C@](C(=O)c1ccccc1)(C2=O)C3(C)C. The van der Waals surface area contributed by atoms with Crippen molar-refractivity contribution in [3.05, 3.63) is 47.5 Å². The zero-order valence-electron chi connectivity index (χ0n) is 24.1. The van der Waals surface area contributed by atoms with Crippen LogP contribution in [0.1, 0.15) is 91.4 Å². The summed E-state index contributed by atoms with van der Waals surface area (Å²) in [5, 5.41) is 11.3. The van der Waals surface area contributed by atoms with Crippen molar-refractivity contribution in [2.24, 2.45) is 44.8 Å². The van der Waals surface area contributed by atoms with Crippen LogP contribution in [0.25, 0.3) is 0 Å². The van der Waals surface area contributed by atoms with Gasteiger partial charge in [-0.25, -0.2) is 0 Å². The van der Waals surface area contributed by atoms with Crippen molar-refractivity contribution >= 4 is 23.1 Å². The first kappa shape index (κ1) is 27.2. The Kier molecular flexibility index (Phi) is 5.60. The van der Waals surface area contributed by atoms with Gasteiger partial charge in [0.2, 0.25) is 0 Å². The van der Waals surface area contributed by atoms with Gasteiger partial charge in [0.15, 0.2) is 28.5 Å². The summed E-state index contributed by atoms with van der Waals surface area (Å²) >= 11 is 0. The molecule has 5 saturated carbocycles. The predicted molar refractivity (Wildman–Crippen MR) is 145 cm³/mol. The lowest BCUT2D eigenvalue weighted by Crippen LogP contribution is -2.75.